The zero-order chi connectivity index (χ0) is 21.1. The standard InChI is InChI=1S/C21H17ClN4O4/c1-29-16-8-2-13(3-9-16)10-23-17(27)11-26-12-24-20-18(21(26)28)19(25-30-20)14-4-6-15(22)7-5-14/h2-9,12H,10-11H2,1H3,(H,23,27). The fourth-order valence-electron chi connectivity index (χ4n) is 2.95. The molecule has 8 nitrogen and oxygen atoms in total. The normalized spacial score (nSPS) is 10.9. The summed E-state index contributed by atoms with van der Waals surface area (Å²) in [4.78, 5) is 29.4. The number of benzene rings is 2. The lowest BCUT2D eigenvalue weighted by Crippen LogP contribution is -2.32. The van der Waals surface area contributed by atoms with E-state index in [0.717, 1.165) is 11.3 Å². The molecule has 0 saturated carbocycles. The van der Waals surface area contributed by atoms with E-state index in [1.54, 1.807) is 31.4 Å². The van der Waals surface area contributed by atoms with Gasteiger partial charge in [-0.15, -0.1) is 0 Å². The van der Waals surface area contributed by atoms with Gasteiger partial charge in [0.1, 0.15) is 29.7 Å². The molecule has 0 aliphatic rings. The number of halogens is 1. The molecule has 152 valence electrons. The summed E-state index contributed by atoms with van der Waals surface area (Å²) in [6, 6.07) is 14.2. The molecule has 2 aromatic carbocycles. The van der Waals surface area contributed by atoms with E-state index in [9.17, 15) is 9.59 Å². The highest BCUT2D eigenvalue weighted by atomic mass is 35.5. The van der Waals surface area contributed by atoms with Gasteiger partial charge in [-0.1, -0.05) is 41.0 Å². The summed E-state index contributed by atoms with van der Waals surface area (Å²) < 4.78 is 11.5. The van der Waals surface area contributed by atoms with E-state index >= 15 is 0 Å². The van der Waals surface area contributed by atoms with Crippen molar-refractivity contribution in [3.8, 4) is 17.0 Å². The molecule has 30 heavy (non-hydrogen) atoms. The van der Waals surface area contributed by atoms with Gasteiger partial charge in [0.25, 0.3) is 11.3 Å². The topological polar surface area (TPSA) is 99.2 Å². The summed E-state index contributed by atoms with van der Waals surface area (Å²) in [6.45, 7) is 0.152. The molecule has 0 spiro atoms. The van der Waals surface area contributed by atoms with Gasteiger partial charge in [-0.2, -0.15) is 0 Å². The summed E-state index contributed by atoms with van der Waals surface area (Å²) in [6.07, 6.45) is 1.27. The summed E-state index contributed by atoms with van der Waals surface area (Å²) in [5.74, 6) is 0.416. The number of hydrogen-bond donors (Lipinski definition) is 1. The monoisotopic (exact) mass is 424 g/mol. The Morgan fingerprint density at radius 3 is 2.60 bits per heavy atom. The third kappa shape index (κ3) is 4.04. The Morgan fingerprint density at radius 1 is 1.17 bits per heavy atom. The highest BCUT2D eigenvalue weighted by molar-refractivity contribution is 6.30. The average Bonchev–Trinajstić information content (AvgIpc) is 3.20. The maximum Gasteiger partial charge on any atom is 0.267 e. The second kappa shape index (κ2) is 8.38. The number of nitrogens with zero attached hydrogens (tertiary/aromatic N) is 3. The molecular formula is C21H17ClN4O4. The Kier molecular flexibility index (Phi) is 5.49. The first kappa shape index (κ1) is 19.7. The Labute approximate surface area is 176 Å². The van der Waals surface area contributed by atoms with Crippen molar-refractivity contribution in [1.29, 1.82) is 0 Å². The zero-order valence-corrected chi connectivity index (χ0v) is 16.7. The van der Waals surface area contributed by atoms with Crippen molar-refractivity contribution in [2.24, 2.45) is 0 Å². The molecule has 2 heterocycles. The molecule has 0 aliphatic heterocycles. The van der Waals surface area contributed by atoms with Gasteiger partial charge in [-0.25, -0.2) is 4.98 Å². The number of rotatable bonds is 6. The van der Waals surface area contributed by atoms with Gasteiger partial charge < -0.3 is 14.6 Å². The Morgan fingerprint density at radius 2 is 1.90 bits per heavy atom. The molecule has 1 N–H and O–H groups in total. The minimum Gasteiger partial charge on any atom is -0.497 e. The number of fused-ring (bicyclic) bond motifs is 1. The van der Waals surface area contributed by atoms with Gasteiger partial charge in [0, 0.05) is 17.1 Å². The molecule has 0 unspecified atom stereocenters. The van der Waals surface area contributed by atoms with Crippen LogP contribution in [0.4, 0.5) is 0 Å². The molecule has 0 radical (unpaired) electrons. The van der Waals surface area contributed by atoms with Gasteiger partial charge in [-0.3, -0.25) is 14.2 Å². The minimum absolute atomic E-state index is 0.111. The van der Waals surface area contributed by atoms with Gasteiger partial charge in [0.2, 0.25) is 5.91 Å². The molecule has 0 atom stereocenters. The fraction of sp³-hybridized carbons (Fsp3) is 0.143. The lowest BCUT2D eigenvalue weighted by atomic mass is 10.1. The number of carbonyl (C=O) groups is 1. The lowest BCUT2D eigenvalue weighted by Gasteiger charge is -2.08. The molecule has 4 aromatic rings. The van der Waals surface area contributed by atoms with Crippen molar-refractivity contribution >= 4 is 28.6 Å². The van der Waals surface area contributed by atoms with Crippen LogP contribution in [0.15, 0.2) is 64.2 Å². The van der Waals surface area contributed by atoms with E-state index in [-0.39, 0.29) is 23.6 Å². The molecular weight excluding hydrogens is 408 g/mol. The summed E-state index contributed by atoms with van der Waals surface area (Å²) in [7, 11) is 1.59. The third-order valence-electron chi connectivity index (χ3n) is 4.54. The van der Waals surface area contributed by atoms with Gasteiger partial charge in [0.15, 0.2) is 0 Å². The van der Waals surface area contributed by atoms with Gasteiger partial charge in [-0.05, 0) is 29.8 Å². The van der Waals surface area contributed by atoms with Crippen molar-refractivity contribution < 1.29 is 14.1 Å². The van der Waals surface area contributed by atoms with Crippen molar-refractivity contribution in [3.05, 3.63) is 75.8 Å². The van der Waals surface area contributed by atoms with E-state index < -0.39 is 5.56 Å². The van der Waals surface area contributed by atoms with E-state index in [4.69, 9.17) is 20.9 Å². The van der Waals surface area contributed by atoms with Crippen LogP contribution >= 0.6 is 11.6 Å². The summed E-state index contributed by atoms with van der Waals surface area (Å²) in [5.41, 5.74) is 1.63. The Balaban J connectivity index is 1.53. The van der Waals surface area contributed by atoms with Crippen molar-refractivity contribution in [2.75, 3.05) is 7.11 Å². The van der Waals surface area contributed by atoms with Crippen LogP contribution in [0, 0.1) is 0 Å². The van der Waals surface area contributed by atoms with Crippen molar-refractivity contribution in [3.63, 3.8) is 0 Å². The predicted octanol–water partition coefficient (Wildman–Crippen LogP) is 3.03. The minimum atomic E-state index is -0.411. The smallest absolute Gasteiger partial charge is 0.267 e. The molecule has 9 heteroatoms. The van der Waals surface area contributed by atoms with Crippen LogP contribution in [0.2, 0.25) is 5.02 Å². The first-order chi connectivity index (χ1) is 14.5. The summed E-state index contributed by atoms with van der Waals surface area (Å²) >= 11 is 5.92. The van der Waals surface area contributed by atoms with Crippen LogP contribution in [0.3, 0.4) is 0 Å². The number of ether oxygens (including phenoxy) is 1. The first-order valence-electron chi connectivity index (χ1n) is 9.05. The molecule has 0 bridgehead atoms. The number of amides is 1. The molecule has 0 aliphatic carbocycles. The van der Waals surface area contributed by atoms with E-state index in [2.05, 4.69) is 15.5 Å². The molecule has 4 rings (SSSR count). The quantitative estimate of drug-likeness (QED) is 0.510. The van der Waals surface area contributed by atoms with E-state index in [1.807, 2.05) is 24.3 Å². The zero-order valence-electron chi connectivity index (χ0n) is 16.0. The van der Waals surface area contributed by atoms with Crippen LogP contribution in [0.25, 0.3) is 22.4 Å². The largest absolute Gasteiger partial charge is 0.497 e. The fourth-order valence-corrected chi connectivity index (χ4v) is 3.08. The van der Waals surface area contributed by atoms with E-state index in [0.29, 0.717) is 22.8 Å². The van der Waals surface area contributed by atoms with Crippen LogP contribution in [-0.4, -0.2) is 27.7 Å². The predicted molar refractivity (Wildman–Crippen MR) is 111 cm³/mol. The maximum absolute atomic E-state index is 12.9. The third-order valence-corrected chi connectivity index (χ3v) is 4.80. The number of nitrogens with one attached hydrogen (secondary N) is 1. The second-order valence-electron chi connectivity index (χ2n) is 6.52. The Bertz CT molecular complexity index is 1250. The number of methoxy groups -OCH3 is 1. The highest BCUT2D eigenvalue weighted by Crippen LogP contribution is 2.25. The summed E-state index contributed by atoms with van der Waals surface area (Å²) in [5, 5.41) is 7.52. The SMILES string of the molecule is COc1ccc(CNC(=O)Cn2cnc3onc(-c4ccc(Cl)cc4)c3c2=O)cc1. The highest BCUT2D eigenvalue weighted by Gasteiger charge is 2.18. The van der Waals surface area contributed by atoms with Gasteiger partial charge >= 0.3 is 0 Å². The number of aromatic nitrogens is 3. The van der Waals surface area contributed by atoms with Gasteiger partial charge in [0.05, 0.1) is 7.11 Å². The van der Waals surface area contributed by atoms with Crippen LogP contribution in [0.1, 0.15) is 5.56 Å². The average molecular weight is 425 g/mol. The second-order valence-corrected chi connectivity index (χ2v) is 6.96. The maximum atomic E-state index is 12.9. The van der Waals surface area contributed by atoms with Crippen LogP contribution in [0.5, 0.6) is 5.75 Å². The number of hydrogen-bond acceptors (Lipinski definition) is 6. The number of carbonyl (C=O) groups excluding carboxylic acids is 1. The van der Waals surface area contributed by atoms with Crippen LogP contribution in [-0.2, 0) is 17.9 Å². The lowest BCUT2D eigenvalue weighted by molar-refractivity contribution is -0.121. The van der Waals surface area contributed by atoms with Crippen molar-refractivity contribution in [2.45, 2.75) is 13.1 Å². The molecule has 0 saturated heterocycles. The van der Waals surface area contributed by atoms with Crippen LogP contribution < -0.4 is 15.6 Å². The Hall–Kier alpha value is -3.65. The van der Waals surface area contributed by atoms with Crippen molar-refractivity contribution in [1.82, 2.24) is 20.0 Å². The molecule has 1 amide bonds. The molecule has 0 fully saturated rings. The molecule has 2 aromatic heterocycles. The van der Waals surface area contributed by atoms with E-state index in [1.165, 1.54) is 10.9 Å². The first-order valence-corrected chi connectivity index (χ1v) is 9.43.